The van der Waals surface area contributed by atoms with E-state index in [2.05, 4.69) is 340 Å². The van der Waals surface area contributed by atoms with E-state index in [1.54, 1.807) is 0 Å². The number of hydrogen-bond acceptors (Lipinski definition) is 9. The molecule has 0 spiro atoms. The third kappa shape index (κ3) is 10.9. The fourth-order valence-corrected chi connectivity index (χ4v) is 22.5. The van der Waals surface area contributed by atoms with Crippen molar-refractivity contribution < 1.29 is 17.7 Å². The van der Waals surface area contributed by atoms with Gasteiger partial charge in [0.2, 0.25) is 0 Å². The minimum Gasteiger partial charge on any atom is -0.456 e. The van der Waals surface area contributed by atoms with E-state index in [9.17, 15) is 0 Å². The number of aromatic nitrogens is 5. The summed E-state index contributed by atoms with van der Waals surface area (Å²) in [6, 6.07) is 120. The molecule has 7 heterocycles. The zero-order valence-corrected chi connectivity index (χ0v) is 72.0. The van der Waals surface area contributed by atoms with Gasteiger partial charge in [0, 0.05) is 104 Å². The Hall–Kier alpha value is -15.5. The van der Waals surface area contributed by atoms with Crippen molar-refractivity contribution in [2.24, 2.45) is 5.92 Å². The molecule has 7 aromatic heterocycles. The van der Waals surface area contributed by atoms with Gasteiger partial charge in [-0.25, -0.2) is 24.9 Å². The largest absolute Gasteiger partial charge is 0.456 e. The lowest BCUT2D eigenvalue weighted by atomic mass is 9.70. The van der Waals surface area contributed by atoms with Crippen molar-refractivity contribution in [1.29, 1.82) is 0 Å². The van der Waals surface area contributed by atoms with E-state index in [-0.39, 0.29) is 16.2 Å². The summed E-state index contributed by atoms with van der Waals surface area (Å²) >= 11 is 0. The Morgan fingerprint density at radius 2 is 0.766 bits per heavy atom. The summed E-state index contributed by atoms with van der Waals surface area (Å²) in [5, 5.41) is 17.7. The lowest BCUT2D eigenvalue weighted by molar-refractivity contribution is 0.417. The van der Waals surface area contributed by atoms with Gasteiger partial charge in [-0.3, -0.25) is 0 Å². The topological polar surface area (TPSA) is 117 Å². The smallest absolute Gasteiger partial charge is 0.180 e. The van der Waals surface area contributed by atoms with Gasteiger partial charge in [-0.05, 0) is 197 Å². The van der Waals surface area contributed by atoms with E-state index in [0.29, 0.717) is 17.3 Å². The molecule has 128 heavy (non-hydrogen) atoms. The first kappa shape index (κ1) is 75.1. The van der Waals surface area contributed by atoms with Crippen LogP contribution in [0.4, 0.5) is 0 Å². The minimum atomic E-state index is -0.206. The van der Waals surface area contributed by atoms with Crippen LogP contribution >= 0.6 is 0 Å². The highest BCUT2D eigenvalue weighted by molar-refractivity contribution is 6.25. The van der Waals surface area contributed by atoms with Gasteiger partial charge in [-0.1, -0.05) is 315 Å². The van der Waals surface area contributed by atoms with Crippen LogP contribution < -0.4 is 0 Å². The van der Waals surface area contributed by atoms with Crippen LogP contribution in [0.2, 0.25) is 0 Å². The van der Waals surface area contributed by atoms with E-state index in [4.69, 9.17) is 42.6 Å². The molecule has 0 radical (unpaired) electrons. The number of para-hydroxylation sites is 5. The molecule has 17 aromatic carbocycles. The van der Waals surface area contributed by atoms with E-state index >= 15 is 0 Å². The summed E-state index contributed by atoms with van der Waals surface area (Å²) in [7, 11) is 0. The summed E-state index contributed by atoms with van der Waals surface area (Å²) in [4.78, 5) is 25.5. The van der Waals surface area contributed by atoms with E-state index in [0.717, 1.165) is 141 Å². The number of fused-ring (bicyclic) bond motifs is 33. The lowest BCUT2D eigenvalue weighted by Gasteiger charge is -2.32. The molecular weight excluding hydrogens is 1560 g/mol. The molecule has 3 aliphatic rings. The molecular formula is C119H85N5O4. The van der Waals surface area contributed by atoms with Gasteiger partial charge in [0.25, 0.3) is 0 Å². The molecule has 610 valence electrons. The number of nitrogens with zero attached hydrogens (tertiary/aromatic N) is 5. The Morgan fingerprint density at radius 1 is 0.273 bits per heavy atom. The van der Waals surface area contributed by atoms with Crippen molar-refractivity contribution >= 4 is 142 Å². The fraction of sp³-hybridized carbons (Fsp3) is 0.118. The molecule has 0 amide bonds. The van der Waals surface area contributed by atoms with Crippen LogP contribution in [0.1, 0.15) is 101 Å². The average molecular weight is 1650 g/mol. The maximum atomic E-state index is 6.77. The standard InChI is InChI=1S/C45H32N2O2.C38H26N2O.C36H27NO/c1-26(2)45(3)35-25-29(20-21-31(35)32-22-23-38-39(40(32)45)33-16-7-9-18-36(33)48-38)28-14-11-15-30(24-28)41-43-42(34-17-8-10-19-37(34)49-43)47-44(46-41)27-12-5-4-6-13-27;1-3-38(2)31-18-16-22(20-29(31)26-17-19-33-34(35(26)38)28-14-8-9-15-32(28)41-33)37-39-21-30-25-12-5-4-10-23(25)24-11-6-7-13-27(24)36(30)40-37;1-3-36(4-2)29-18-9-7-13-23(29)25-20-21-31-32(33(25)36)27-16-11-17-28(35(27)38-31)34-26-15-6-5-12-22(26)24-14-8-10-19-30(24)37-34/h4-26H,1-3H3;4-21H,3H2,1-2H3;5-21H,3-4H2,1-2H3. The predicted octanol–water partition coefficient (Wildman–Crippen LogP) is 32.5. The molecule has 2 unspecified atom stereocenters. The first-order chi connectivity index (χ1) is 62.9. The van der Waals surface area contributed by atoms with Crippen LogP contribution in [0.25, 0.3) is 232 Å². The zero-order chi connectivity index (χ0) is 85.6. The highest BCUT2D eigenvalue weighted by Gasteiger charge is 2.46. The molecule has 27 rings (SSSR count). The highest BCUT2D eigenvalue weighted by atomic mass is 16.3. The maximum absolute atomic E-state index is 6.77. The van der Waals surface area contributed by atoms with Gasteiger partial charge in [-0.15, -0.1) is 0 Å². The summed E-state index contributed by atoms with van der Waals surface area (Å²) in [5.74, 6) is 1.79. The second-order valence-corrected chi connectivity index (χ2v) is 35.7. The van der Waals surface area contributed by atoms with E-state index < -0.39 is 0 Å². The van der Waals surface area contributed by atoms with Crippen molar-refractivity contribution in [3.63, 3.8) is 0 Å². The van der Waals surface area contributed by atoms with Gasteiger partial charge >= 0.3 is 0 Å². The van der Waals surface area contributed by atoms with Crippen LogP contribution in [0.5, 0.6) is 0 Å². The molecule has 2 atom stereocenters. The second-order valence-electron chi connectivity index (χ2n) is 35.7. The summed E-state index contributed by atoms with van der Waals surface area (Å²) in [5.41, 5.74) is 33.9. The number of benzene rings is 17. The van der Waals surface area contributed by atoms with Crippen LogP contribution in [0.15, 0.2) is 364 Å². The van der Waals surface area contributed by atoms with E-state index in [1.807, 2.05) is 54.7 Å². The van der Waals surface area contributed by atoms with Crippen LogP contribution in [-0.4, -0.2) is 24.9 Å². The summed E-state index contributed by atoms with van der Waals surface area (Å²) < 4.78 is 25.9. The van der Waals surface area contributed by atoms with Crippen LogP contribution in [0.3, 0.4) is 0 Å². The third-order valence-corrected chi connectivity index (χ3v) is 29.2. The molecule has 0 saturated heterocycles. The van der Waals surface area contributed by atoms with Crippen molar-refractivity contribution in [2.75, 3.05) is 0 Å². The summed E-state index contributed by atoms with van der Waals surface area (Å²) in [6.45, 7) is 16.4. The number of rotatable bonds is 9. The Balaban J connectivity index is 0.000000105. The molecule has 24 aromatic rings. The minimum absolute atomic E-state index is 0.0217. The first-order valence-electron chi connectivity index (χ1n) is 44.9. The first-order valence-corrected chi connectivity index (χ1v) is 44.9. The van der Waals surface area contributed by atoms with Crippen LogP contribution in [0, 0.1) is 5.92 Å². The Bertz CT molecular complexity index is 8790. The molecule has 0 fully saturated rings. The molecule has 9 nitrogen and oxygen atoms in total. The second kappa shape index (κ2) is 28.5. The Kier molecular flexibility index (Phi) is 16.7. The SMILES string of the molecule is CC(C)C1(C)c2cc(-c3cccc(-c4nc(-c5ccccc5)nc5c4oc4ccccc45)c3)ccc2-c2ccc3oc4ccccc4c3c21.CCC1(C)c2ccc(-c3ncc4c5ccccc5c5ccccc5c4n3)cc2-c2ccc3oc4ccccc4c3c21.CCC1(CC)c2ccccc2-c2ccc3oc4c(-c5nc6ccccc6c6ccccc56)cccc4c3c21. The molecule has 9 heteroatoms. The van der Waals surface area contributed by atoms with Crippen molar-refractivity contribution in [3.8, 4) is 89.8 Å². The van der Waals surface area contributed by atoms with Gasteiger partial charge in [0.1, 0.15) is 50.3 Å². The number of hydrogen-bond donors (Lipinski definition) is 0. The molecule has 0 bridgehead atoms. The van der Waals surface area contributed by atoms with Gasteiger partial charge < -0.3 is 17.7 Å². The zero-order valence-electron chi connectivity index (χ0n) is 72.0. The maximum Gasteiger partial charge on any atom is 0.180 e. The van der Waals surface area contributed by atoms with E-state index in [1.165, 1.54) is 132 Å². The van der Waals surface area contributed by atoms with Gasteiger partial charge in [0.15, 0.2) is 17.2 Å². The predicted molar refractivity (Wildman–Crippen MR) is 528 cm³/mol. The summed E-state index contributed by atoms with van der Waals surface area (Å²) in [6.07, 6.45) is 5.10. The number of pyridine rings is 1. The normalized spacial score (nSPS) is 15.3. The number of furan rings is 4. The molecule has 0 aliphatic heterocycles. The third-order valence-electron chi connectivity index (χ3n) is 29.2. The average Bonchev–Trinajstić information content (AvgIpc) is 1.54. The lowest BCUT2D eigenvalue weighted by Crippen LogP contribution is -2.27. The molecule has 0 saturated carbocycles. The van der Waals surface area contributed by atoms with Crippen molar-refractivity contribution in [1.82, 2.24) is 24.9 Å². The molecule has 0 N–H and O–H groups in total. The highest BCUT2D eigenvalue weighted by Crippen LogP contribution is 2.61. The van der Waals surface area contributed by atoms with Crippen molar-refractivity contribution in [2.45, 2.75) is 84.0 Å². The monoisotopic (exact) mass is 1650 g/mol. The van der Waals surface area contributed by atoms with Gasteiger partial charge in [0.05, 0.1) is 16.7 Å². The van der Waals surface area contributed by atoms with Crippen LogP contribution in [-0.2, 0) is 16.2 Å². The fourth-order valence-electron chi connectivity index (χ4n) is 22.5. The van der Waals surface area contributed by atoms with Crippen molar-refractivity contribution in [3.05, 3.63) is 379 Å². The van der Waals surface area contributed by atoms with Gasteiger partial charge in [-0.2, -0.15) is 0 Å². The quantitative estimate of drug-likeness (QED) is 0.130. The molecule has 3 aliphatic carbocycles. The Labute approximate surface area is 738 Å². The Morgan fingerprint density at radius 3 is 1.47 bits per heavy atom.